The number of carbonyl (C=O) groups excluding carboxylic acids is 2. The lowest BCUT2D eigenvalue weighted by Gasteiger charge is -2.35. The average Bonchev–Trinajstić information content (AvgIpc) is 3.06. The zero-order chi connectivity index (χ0) is 16.2. The molecule has 4 nitrogen and oxygen atoms in total. The maximum Gasteiger partial charge on any atom is 0.223 e. The summed E-state index contributed by atoms with van der Waals surface area (Å²) in [4.78, 5) is 26.7. The molecule has 1 aliphatic carbocycles. The molecule has 1 aromatic carbocycles. The molecule has 3 rings (SSSR count). The van der Waals surface area contributed by atoms with E-state index in [1.165, 1.54) is 17.5 Å². The van der Waals surface area contributed by atoms with Crippen molar-refractivity contribution >= 4 is 24.1 Å². The van der Waals surface area contributed by atoms with Gasteiger partial charge in [0.05, 0.1) is 0 Å². The van der Waals surface area contributed by atoms with Crippen molar-refractivity contribution in [3.8, 4) is 0 Å². The van der Waals surface area contributed by atoms with E-state index >= 15 is 0 Å². The van der Waals surface area contributed by atoms with Gasteiger partial charge in [0.25, 0.3) is 0 Å². The van der Waals surface area contributed by atoms with Gasteiger partial charge in [-0.25, -0.2) is 0 Å². The Morgan fingerprint density at radius 1 is 1.08 bits per heavy atom. The summed E-state index contributed by atoms with van der Waals surface area (Å²) < 4.78 is 0. The molecule has 1 saturated heterocycles. The van der Waals surface area contributed by atoms with Crippen LogP contribution < -0.4 is 5.73 Å². The Bertz CT molecular complexity index is 603. The molecular weight excluding hydrogens is 324 g/mol. The van der Waals surface area contributed by atoms with Crippen LogP contribution in [0.3, 0.4) is 0 Å². The van der Waals surface area contributed by atoms with Gasteiger partial charge in [0.1, 0.15) is 0 Å². The normalized spacial score (nSPS) is 19.5. The van der Waals surface area contributed by atoms with E-state index in [0.29, 0.717) is 19.4 Å². The molecule has 1 aromatic rings. The zero-order valence-corrected chi connectivity index (χ0v) is 14.9. The van der Waals surface area contributed by atoms with Crippen molar-refractivity contribution in [3.63, 3.8) is 0 Å². The molecule has 1 amide bonds. The quantitative estimate of drug-likeness (QED) is 0.830. The molecule has 0 bridgehead atoms. The standard InChI is InChI=1S/C19H26N2O2.ClH/c20-13-17-6-1-2-11-21(17)19(23)10-9-18(22)16-8-7-14-4-3-5-15(14)12-16;/h7-8,12,17H,1-6,9-11,13,20H2;1H. The first-order valence-corrected chi connectivity index (χ1v) is 8.83. The lowest BCUT2D eigenvalue weighted by atomic mass is 9.99. The monoisotopic (exact) mass is 350 g/mol. The number of nitrogens with two attached hydrogens (primary N) is 1. The number of amides is 1. The third kappa shape index (κ3) is 4.17. The number of hydrogen-bond donors (Lipinski definition) is 1. The Labute approximate surface area is 150 Å². The van der Waals surface area contributed by atoms with Gasteiger partial charge >= 0.3 is 0 Å². The second-order valence-electron chi connectivity index (χ2n) is 6.73. The first-order chi connectivity index (χ1) is 11.2. The minimum atomic E-state index is 0. The fraction of sp³-hybridized carbons (Fsp3) is 0.579. The van der Waals surface area contributed by atoms with Crippen LogP contribution in [0.1, 0.15) is 60.0 Å². The summed E-state index contributed by atoms with van der Waals surface area (Å²) in [5.41, 5.74) is 9.21. The number of benzene rings is 1. The first kappa shape index (κ1) is 18.9. The SMILES string of the molecule is Cl.NCC1CCCCN1C(=O)CCC(=O)c1ccc2c(c1)CCC2. The van der Waals surface area contributed by atoms with Crippen LogP contribution in [0.25, 0.3) is 0 Å². The predicted octanol–water partition coefficient (Wildman–Crippen LogP) is 2.90. The second-order valence-corrected chi connectivity index (χ2v) is 6.73. The molecule has 1 atom stereocenters. The third-order valence-electron chi connectivity index (χ3n) is 5.21. The van der Waals surface area contributed by atoms with Gasteiger partial charge in [-0.05, 0) is 55.7 Å². The van der Waals surface area contributed by atoms with Crippen molar-refractivity contribution in [2.75, 3.05) is 13.1 Å². The largest absolute Gasteiger partial charge is 0.338 e. The summed E-state index contributed by atoms with van der Waals surface area (Å²) in [6.45, 7) is 1.30. The molecule has 1 fully saturated rings. The maximum atomic E-state index is 12.4. The van der Waals surface area contributed by atoms with Crippen molar-refractivity contribution in [3.05, 3.63) is 34.9 Å². The predicted molar refractivity (Wildman–Crippen MR) is 97.7 cm³/mol. The summed E-state index contributed by atoms with van der Waals surface area (Å²) >= 11 is 0. The maximum absolute atomic E-state index is 12.4. The number of Topliss-reactive ketones (excluding diaryl/α,β-unsaturated/α-hetero) is 1. The minimum Gasteiger partial charge on any atom is -0.338 e. The molecule has 0 spiro atoms. The van der Waals surface area contributed by atoms with Crippen LogP contribution in [0, 0.1) is 0 Å². The number of nitrogens with zero attached hydrogens (tertiary/aromatic N) is 1. The number of halogens is 1. The van der Waals surface area contributed by atoms with Crippen molar-refractivity contribution < 1.29 is 9.59 Å². The number of ketones is 1. The molecule has 1 unspecified atom stereocenters. The lowest BCUT2D eigenvalue weighted by Crippen LogP contribution is -2.47. The molecule has 2 N–H and O–H groups in total. The molecule has 1 aliphatic heterocycles. The Hall–Kier alpha value is -1.39. The van der Waals surface area contributed by atoms with E-state index in [2.05, 4.69) is 6.07 Å². The van der Waals surface area contributed by atoms with E-state index in [4.69, 9.17) is 5.73 Å². The average molecular weight is 351 g/mol. The number of hydrogen-bond acceptors (Lipinski definition) is 3. The van der Waals surface area contributed by atoms with Crippen LogP contribution in [0.15, 0.2) is 18.2 Å². The van der Waals surface area contributed by atoms with Crippen molar-refractivity contribution in [1.29, 1.82) is 0 Å². The number of fused-ring (bicyclic) bond motifs is 1. The molecule has 5 heteroatoms. The summed E-state index contributed by atoms with van der Waals surface area (Å²) in [6.07, 6.45) is 7.14. The fourth-order valence-corrected chi connectivity index (χ4v) is 3.83. The van der Waals surface area contributed by atoms with Gasteiger partial charge in [0, 0.05) is 37.5 Å². The molecule has 24 heavy (non-hydrogen) atoms. The first-order valence-electron chi connectivity index (χ1n) is 8.83. The molecule has 2 aliphatic rings. The molecule has 132 valence electrons. The molecule has 0 saturated carbocycles. The number of aryl methyl sites for hydroxylation is 2. The fourth-order valence-electron chi connectivity index (χ4n) is 3.83. The summed E-state index contributed by atoms with van der Waals surface area (Å²) in [5, 5.41) is 0. The Morgan fingerprint density at radius 2 is 1.88 bits per heavy atom. The van der Waals surface area contributed by atoms with E-state index in [1.54, 1.807) is 0 Å². The highest BCUT2D eigenvalue weighted by Gasteiger charge is 2.25. The van der Waals surface area contributed by atoms with E-state index in [9.17, 15) is 9.59 Å². The van der Waals surface area contributed by atoms with E-state index in [1.807, 2.05) is 17.0 Å². The summed E-state index contributed by atoms with van der Waals surface area (Å²) in [7, 11) is 0. The van der Waals surface area contributed by atoms with E-state index in [0.717, 1.165) is 44.2 Å². The Morgan fingerprint density at radius 3 is 2.67 bits per heavy atom. The van der Waals surface area contributed by atoms with Gasteiger partial charge in [-0.1, -0.05) is 12.1 Å². The highest BCUT2D eigenvalue weighted by molar-refractivity contribution is 5.98. The number of rotatable bonds is 5. The van der Waals surface area contributed by atoms with Crippen LogP contribution in [-0.2, 0) is 17.6 Å². The number of piperidine rings is 1. The molecule has 0 radical (unpaired) electrons. The van der Waals surface area contributed by atoms with Gasteiger partial charge in [-0.2, -0.15) is 0 Å². The summed E-state index contributed by atoms with van der Waals surface area (Å²) in [6, 6.07) is 6.18. The number of carbonyl (C=O) groups is 2. The van der Waals surface area contributed by atoms with Gasteiger partial charge in [0.2, 0.25) is 5.91 Å². The van der Waals surface area contributed by atoms with Crippen LogP contribution in [0.2, 0.25) is 0 Å². The van der Waals surface area contributed by atoms with Gasteiger partial charge in [-0.3, -0.25) is 9.59 Å². The topological polar surface area (TPSA) is 63.4 Å². The Balaban J connectivity index is 0.00000208. The van der Waals surface area contributed by atoms with Gasteiger partial charge in [0.15, 0.2) is 5.78 Å². The molecular formula is C19H27ClN2O2. The second kappa shape index (κ2) is 8.63. The van der Waals surface area contributed by atoms with Crippen molar-refractivity contribution in [1.82, 2.24) is 4.90 Å². The smallest absolute Gasteiger partial charge is 0.223 e. The highest BCUT2D eigenvalue weighted by Crippen LogP contribution is 2.24. The van der Waals surface area contributed by atoms with Gasteiger partial charge < -0.3 is 10.6 Å². The van der Waals surface area contributed by atoms with Crippen LogP contribution in [0.4, 0.5) is 0 Å². The Kier molecular flexibility index (Phi) is 6.81. The highest BCUT2D eigenvalue weighted by atomic mass is 35.5. The number of likely N-dealkylation sites (tertiary alicyclic amines) is 1. The van der Waals surface area contributed by atoms with Crippen molar-refractivity contribution in [2.24, 2.45) is 5.73 Å². The molecule has 1 heterocycles. The van der Waals surface area contributed by atoms with Crippen LogP contribution >= 0.6 is 12.4 Å². The molecule has 0 aromatic heterocycles. The van der Waals surface area contributed by atoms with Crippen molar-refractivity contribution in [2.45, 2.75) is 57.4 Å². The van der Waals surface area contributed by atoms with E-state index < -0.39 is 0 Å². The van der Waals surface area contributed by atoms with Gasteiger partial charge in [-0.15, -0.1) is 12.4 Å². The van der Waals surface area contributed by atoms with E-state index in [-0.39, 0.29) is 30.1 Å². The summed E-state index contributed by atoms with van der Waals surface area (Å²) in [5.74, 6) is 0.156. The minimum absolute atomic E-state index is 0. The van der Waals surface area contributed by atoms with Crippen LogP contribution in [-0.4, -0.2) is 35.7 Å². The lowest BCUT2D eigenvalue weighted by molar-refractivity contribution is -0.134. The van der Waals surface area contributed by atoms with Crippen LogP contribution in [0.5, 0.6) is 0 Å². The third-order valence-corrected chi connectivity index (χ3v) is 5.21. The zero-order valence-electron chi connectivity index (χ0n) is 14.1.